The van der Waals surface area contributed by atoms with E-state index in [2.05, 4.69) is 59.7 Å². The summed E-state index contributed by atoms with van der Waals surface area (Å²) in [5.74, 6) is 0.798. The van der Waals surface area contributed by atoms with E-state index in [9.17, 15) is 0 Å². The van der Waals surface area contributed by atoms with E-state index in [1.807, 2.05) is 12.4 Å². The minimum Gasteiger partial charge on any atom is -0.303 e. The Labute approximate surface area is 114 Å². The molecule has 1 fully saturated rings. The van der Waals surface area contributed by atoms with Crippen LogP contribution in [0, 0.1) is 5.92 Å². The molecule has 1 aromatic carbocycles. The summed E-state index contributed by atoms with van der Waals surface area (Å²) in [4.78, 5) is 4.08. The summed E-state index contributed by atoms with van der Waals surface area (Å²) in [7, 11) is 0. The lowest BCUT2D eigenvalue weighted by Crippen LogP contribution is -2.26. The summed E-state index contributed by atoms with van der Waals surface area (Å²) in [5, 5.41) is 3.78. The van der Waals surface area contributed by atoms with Crippen LogP contribution in [0.25, 0.3) is 0 Å². The summed E-state index contributed by atoms with van der Waals surface area (Å²) >= 11 is 0. The van der Waals surface area contributed by atoms with Crippen LogP contribution in [0.5, 0.6) is 0 Å². The van der Waals surface area contributed by atoms with Gasteiger partial charge in [0.1, 0.15) is 0 Å². The Bertz CT molecular complexity index is 505. The van der Waals surface area contributed by atoms with Gasteiger partial charge in [-0.3, -0.25) is 4.98 Å². The fraction of sp³-hybridized carbons (Fsp3) is 0.353. The van der Waals surface area contributed by atoms with Gasteiger partial charge in [-0.1, -0.05) is 30.3 Å². The summed E-state index contributed by atoms with van der Waals surface area (Å²) in [6.07, 6.45) is 6.41. The number of nitrogens with zero attached hydrogens (tertiary/aromatic N) is 1. The van der Waals surface area contributed by atoms with Crippen molar-refractivity contribution in [2.75, 3.05) is 0 Å². The third kappa shape index (κ3) is 3.02. The Morgan fingerprint density at radius 3 is 2.32 bits per heavy atom. The van der Waals surface area contributed by atoms with Crippen LogP contribution in [0.15, 0.2) is 54.9 Å². The molecule has 0 saturated heterocycles. The van der Waals surface area contributed by atoms with Gasteiger partial charge in [-0.2, -0.15) is 0 Å². The van der Waals surface area contributed by atoms with Crippen LogP contribution in [0.3, 0.4) is 0 Å². The van der Waals surface area contributed by atoms with Crippen LogP contribution < -0.4 is 5.32 Å². The number of rotatable bonds is 5. The molecule has 0 spiro atoms. The predicted octanol–water partition coefficient (Wildman–Crippen LogP) is 3.88. The second kappa shape index (κ2) is 5.54. The minimum atomic E-state index is 0.355. The van der Waals surface area contributed by atoms with Gasteiger partial charge in [-0.05, 0) is 48.9 Å². The monoisotopic (exact) mass is 252 g/mol. The van der Waals surface area contributed by atoms with Crippen molar-refractivity contribution in [2.45, 2.75) is 31.8 Å². The van der Waals surface area contributed by atoms with Crippen LogP contribution in [0.4, 0.5) is 0 Å². The van der Waals surface area contributed by atoms with E-state index in [0.29, 0.717) is 12.1 Å². The molecular formula is C17H20N2. The Morgan fingerprint density at radius 2 is 1.68 bits per heavy atom. The zero-order valence-electron chi connectivity index (χ0n) is 11.3. The first-order chi connectivity index (χ1) is 9.34. The molecule has 0 amide bonds. The third-order valence-corrected chi connectivity index (χ3v) is 3.89. The van der Waals surface area contributed by atoms with Gasteiger partial charge in [0.2, 0.25) is 0 Å². The Hall–Kier alpha value is -1.67. The van der Waals surface area contributed by atoms with Gasteiger partial charge in [0.15, 0.2) is 0 Å². The molecule has 0 aliphatic heterocycles. The quantitative estimate of drug-likeness (QED) is 0.873. The summed E-state index contributed by atoms with van der Waals surface area (Å²) in [5.41, 5.74) is 2.71. The van der Waals surface area contributed by atoms with Gasteiger partial charge in [-0.15, -0.1) is 0 Å². The molecule has 0 bridgehead atoms. The first-order valence-electron chi connectivity index (χ1n) is 7.05. The highest BCUT2D eigenvalue weighted by atomic mass is 15.0. The highest BCUT2D eigenvalue weighted by Crippen LogP contribution is 2.42. The second-order valence-electron chi connectivity index (χ2n) is 5.39. The lowest BCUT2D eigenvalue weighted by Gasteiger charge is -2.24. The number of aromatic nitrogens is 1. The molecular weight excluding hydrogens is 232 g/mol. The Morgan fingerprint density at radius 1 is 1.00 bits per heavy atom. The van der Waals surface area contributed by atoms with Crippen molar-refractivity contribution in [3.05, 3.63) is 66.0 Å². The van der Waals surface area contributed by atoms with Crippen molar-refractivity contribution >= 4 is 0 Å². The van der Waals surface area contributed by atoms with Gasteiger partial charge in [0, 0.05) is 24.5 Å². The molecule has 98 valence electrons. The van der Waals surface area contributed by atoms with E-state index < -0.39 is 0 Å². The second-order valence-corrected chi connectivity index (χ2v) is 5.39. The standard InChI is InChI=1S/C17H20N2/c1-13(14-9-11-18-12-10-14)19-17(16-7-8-16)15-5-3-2-4-6-15/h2-6,9-13,16-17,19H,7-8H2,1H3/t13-,17?/m1/s1. The lowest BCUT2D eigenvalue weighted by atomic mass is 10.00. The van der Waals surface area contributed by atoms with Gasteiger partial charge in [-0.25, -0.2) is 0 Å². The van der Waals surface area contributed by atoms with Crippen LogP contribution in [0.1, 0.15) is 43.0 Å². The Kier molecular flexibility index (Phi) is 3.60. The van der Waals surface area contributed by atoms with Crippen LogP contribution in [-0.2, 0) is 0 Å². The predicted molar refractivity (Wildman–Crippen MR) is 77.7 cm³/mol. The normalized spacial score (nSPS) is 17.9. The van der Waals surface area contributed by atoms with Crippen molar-refractivity contribution in [1.29, 1.82) is 0 Å². The van der Waals surface area contributed by atoms with Crippen LogP contribution >= 0.6 is 0 Å². The Balaban J connectivity index is 1.76. The van der Waals surface area contributed by atoms with E-state index >= 15 is 0 Å². The molecule has 3 rings (SSSR count). The SMILES string of the molecule is C[C@@H](NC(c1ccccc1)C1CC1)c1ccncc1. The average molecular weight is 252 g/mol. The summed E-state index contributed by atoms with van der Waals surface area (Å²) in [6, 6.07) is 15.8. The molecule has 2 aromatic rings. The summed E-state index contributed by atoms with van der Waals surface area (Å²) in [6.45, 7) is 2.23. The molecule has 2 atom stereocenters. The molecule has 1 unspecified atom stereocenters. The maximum atomic E-state index is 4.08. The molecule has 0 radical (unpaired) electrons. The van der Waals surface area contributed by atoms with Crippen molar-refractivity contribution in [3.8, 4) is 0 Å². The zero-order valence-corrected chi connectivity index (χ0v) is 11.3. The molecule has 19 heavy (non-hydrogen) atoms. The first kappa shape index (κ1) is 12.4. The van der Waals surface area contributed by atoms with Gasteiger partial charge >= 0.3 is 0 Å². The molecule has 1 N–H and O–H groups in total. The van der Waals surface area contributed by atoms with E-state index in [0.717, 1.165) is 5.92 Å². The topological polar surface area (TPSA) is 24.9 Å². The fourth-order valence-corrected chi connectivity index (χ4v) is 2.61. The van der Waals surface area contributed by atoms with E-state index in [1.165, 1.54) is 24.0 Å². The van der Waals surface area contributed by atoms with Gasteiger partial charge in [0.25, 0.3) is 0 Å². The number of hydrogen-bond acceptors (Lipinski definition) is 2. The lowest BCUT2D eigenvalue weighted by molar-refractivity contribution is 0.427. The van der Waals surface area contributed by atoms with Gasteiger partial charge < -0.3 is 5.32 Å². The summed E-state index contributed by atoms with van der Waals surface area (Å²) < 4.78 is 0. The highest BCUT2D eigenvalue weighted by Gasteiger charge is 2.32. The van der Waals surface area contributed by atoms with E-state index in [4.69, 9.17) is 0 Å². The number of pyridine rings is 1. The molecule has 1 aliphatic carbocycles. The molecule has 1 saturated carbocycles. The molecule has 1 aromatic heterocycles. The van der Waals surface area contributed by atoms with E-state index in [1.54, 1.807) is 0 Å². The number of hydrogen-bond donors (Lipinski definition) is 1. The van der Waals surface area contributed by atoms with Crippen molar-refractivity contribution in [2.24, 2.45) is 5.92 Å². The number of nitrogens with one attached hydrogen (secondary N) is 1. The molecule has 1 heterocycles. The van der Waals surface area contributed by atoms with E-state index in [-0.39, 0.29) is 0 Å². The maximum Gasteiger partial charge on any atom is 0.0353 e. The molecule has 2 nitrogen and oxygen atoms in total. The zero-order chi connectivity index (χ0) is 13.1. The largest absolute Gasteiger partial charge is 0.303 e. The van der Waals surface area contributed by atoms with Crippen LogP contribution in [0.2, 0.25) is 0 Å². The maximum absolute atomic E-state index is 4.08. The minimum absolute atomic E-state index is 0.355. The third-order valence-electron chi connectivity index (χ3n) is 3.89. The van der Waals surface area contributed by atoms with Crippen molar-refractivity contribution in [3.63, 3.8) is 0 Å². The smallest absolute Gasteiger partial charge is 0.0353 e. The van der Waals surface area contributed by atoms with Gasteiger partial charge in [0.05, 0.1) is 0 Å². The van der Waals surface area contributed by atoms with Crippen molar-refractivity contribution < 1.29 is 0 Å². The highest BCUT2D eigenvalue weighted by molar-refractivity contribution is 5.23. The first-order valence-corrected chi connectivity index (χ1v) is 7.05. The number of benzene rings is 1. The fourth-order valence-electron chi connectivity index (χ4n) is 2.61. The molecule has 1 aliphatic rings. The van der Waals surface area contributed by atoms with Crippen LogP contribution in [-0.4, -0.2) is 4.98 Å². The molecule has 2 heteroatoms. The average Bonchev–Trinajstić information content (AvgIpc) is 3.31. The van der Waals surface area contributed by atoms with Crippen molar-refractivity contribution in [1.82, 2.24) is 10.3 Å².